The number of amides is 2. The fourth-order valence-corrected chi connectivity index (χ4v) is 2.96. The number of hydrogen-bond donors (Lipinski definition) is 3. The summed E-state index contributed by atoms with van der Waals surface area (Å²) in [6.07, 6.45) is 3.40. The van der Waals surface area contributed by atoms with E-state index in [4.69, 9.17) is 0 Å². The summed E-state index contributed by atoms with van der Waals surface area (Å²) in [6, 6.07) is 7.06. The highest BCUT2D eigenvalue weighted by atomic mass is 16.3. The van der Waals surface area contributed by atoms with Crippen LogP contribution in [0.5, 0.6) is 0 Å². The predicted molar refractivity (Wildman–Crippen MR) is 88.1 cm³/mol. The Bertz CT molecular complexity index is 695. The smallest absolute Gasteiger partial charge is 0.319 e. The third-order valence-corrected chi connectivity index (χ3v) is 3.93. The van der Waals surface area contributed by atoms with E-state index in [0.717, 1.165) is 17.7 Å². The molecule has 0 spiro atoms. The van der Waals surface area contributed by atoms with Crippen LogP contribution >= 0.6 is 0 Å². The number of urea groups is 1. The topological polar surface area (TPSA) is 79.2 Å². The maximum absolute atomic E-state index is 12.2. The monoisotopic (exact) mass is 314 g/mol. The van der Waals surface area contributed by atoms with Gasteiger partial charge in [-0.15, -0.1) is 0 Å². The zero-order valence-electron chi connectivity index (χ0n) is 13.4. The summed E-state index contributed by atoms with van der Waals surface area (Å²) in [7, 11) is 0. The van der Waals surface area contributed by atoms with Gasteiger partial charge in [-0.1, -0.05) is 38.1 Å². The molecule has 0 unspecified atom stereocenters. The largest absolute Gasteiger partial charge is 0.390 e. The molecule has 0 radical (unpaired) electrons. The molecule has 2 amide bonds. The Morgan fingerprint density at radius 1 is 1.43 bits per heavy atom. The second-order valence-electron chi connectivity index (χ2n) is 6.39. The minimum Gasteiger partial charge on any atom is -0.390 e. The van der Waals surface area contributed by atoms with Crippen molar-refractivity contribution in [3.05, 3.63) is 47.8 Å². The van der Waals surface area contributed by atoms with E-state index >= 15 is 0 Å². The van der Waals surface area contributed by atoms with Crippen molar-refractivity contribution in [3.8, 4) is 0 Å². The van der Waals surface area contributed by atoms with E-state index in [9.17, 15) is 9.90 Å². The maximum Gasteiger partial charge on any atom is 0.319 e. The lowest BCUT2D eigenvalue weighted by molar-refractivity contribution is 0.144. The maximum atomic E-state index is 12.2. The molecule has 122 valence electrons. The van der Waals surface area contributed by atoms with Crippen molar-refractivity contribution in [1.82, 2.24) is 15.1 Å². The van der Waals surface area contributed by atoms with Crippen molar-refractivity contribution in [3.63, 3.8) is 0 Å². The van der Waals surface area contributed by atoms with E-state index in [1.54, 1.807) is 17.1 Å². The molecule has 6 heteroatoms. The third-order valence-electron chi connectivity index (χ3n) is 3.93. The number of carbonyl (C=O) groups excluding carboxylic acids is 1. The molecule has 3 rings (SSSR count). The van der Waals surface area contributed by atoms with E-state index in [0.29, 0.717) is 18.0 Å². The van der Waals surface area contributed by atoms with Crippen molar-refractivity contribution in [2.24, 2.45) is 5.92 Å². The van der Waals surface area contributed by atoms with Gasteiger partial charge in [-0.05, 0) is 17.0 Å². The first kappa shape index (κ1) is 15.6. The minimum absolute atomic E-state index is 0.338. The minimum atomic E-state index is -0.596. The van der Waals surface area contributed by atoms with E-state index in [1.165, 1.54) is 0 Å². The molecular formula is C17H22N4O2. The van der Waals surface area contributed by atoms with Gasteiger partial charge in [-0.25, -0.2) is 4.79 Å². The van der Waals surface area contributed by atoms with Gasteiger partial charge >= 0.3 is 6.03 Å². The number of aliphatic hydroxyl groups excluding tert-OH is 1. The van der Waals surface area contributed by atoms with Gasteiger partial charge in [0, 0.05) is 19.2 Å². The quantitative estimate of drug-likeness (QED) is 0.810. The number of aromatic nitrogens is 2. The molecule has 0 fully saturated rings. The van der Waals surface area contributed by atoms with Gasteiger partial charge in [0.1, 0.15) is 0 Å². The molecule has 0 saturated carbocycles. The van der Waals surface area contributed by atoms with Crippen LogP contribution in [0.1, 0.15) is 31.0 Å². The molecule has 1 aromatic carbocycles. The summed E-state index contributed by atoms with van der Waals surface area (Å²) < 4.78 is 1.81. The Labute approximate surface area is 135 Å². The lowest BCUT2D eigenvalue weighted by atomic mass is 10.1. The molecule has 1 aliphatic carbocycles. The number of carbonyl (C=O) groups is 1. The second kappa shape index (κ2) is 6.42. The zero-order valence-corrected chi connectivity index (χ0v) is 13.4. The van der Waals surface area contributed by atoms with Crippen LogP contribution in [0.15, 0.2) is 36.7 Å². The molecule has 0 aliphatic heterocycles. The van der Waals surface area contributed by atoms with Crippen LogP contribution < -0.4 is 10.6 Å². The summed E-state index contributed by atoms with van der Waals surface area (Å²) in [5, 5.41) is 20.0. The summed E-state index contributed by atoms with van der Waals surface area (Å²) in [5.74, 6) is 0.488. The van der Waals surface area contributed by atoms with Crippen molar-refractivity contribution in [2.75, 3.05) is 5.32 Å². The standard InChI is InChI=1S/C17H22N4O2/c1-11(2)9-21-10-13(8-18-21)19-17(23)20-16-14-6-4-3-5-12(14)7-15(16)22/h3-6,8,10-11,15-16,22H,7,9H2,1-2H3,(H2,19,20,23)/t15-,16+/m1/s1. The highest BCUT2D eigenvalue weighted by molar-refractivity contribution is 5.89. The highest BCUT2D eigenvalue weighted by Gasteiger charge is 2.31. The number of anilines is 1. The average Bonchev–Trinajstić information content (AvgIpc) is 3.03. The van der Waals surface area contributed by atoms with Crippen molar-refractivity contribution < 1.29 is 9.90 Å². The molecular weight excluding hydrogens is 292 g/mol. The summed E-state index contributed by atoms with van der Waals surface area (Å²) in [6.45, 7) is 5.03. The SMILES string of the molecule is CC(C)Cn1cc(NC(=O)N[C@H]2c3ccccc3C[C@H]2O)cn1. The predicted octanol–water partition coefficient (Wildman–Crippen LogP) is 2.32. The fraction of sp³-hybridized carbons (Fsp3) is 0.412. The van der Waals surface area contributed by atoms with Crippen LogP contribution in [0.3, 0.4) is 0 Å². The Kier molecular flexibility index (Phi) is 4.34. The summed E-state index contributed by atoms with van der Waals surface area (Å²) >= 11 is 0. The van der Waals surface area contributed by atoms with Gasteiger partial charge < -0.3 is 15.7 Å². The molecule has 1 aliphatic rings. The second-order valence-corrected chi connectivity index (χ2v) is 6.39. The van der Waals surface area contributed by atoms with Crippen LogP contribution in [0.2, 0.25) is 0 Å². The van der Waals surface area contributed by atoms with Gasteiger partial charge in [0.2, 0.25) is 0 Å². The first-order chi connectivity index (χ1) is 11.0. The molecule has 23 heavy (non-hydrogen) atoms. The van der Waals surface area contributed by atoms with E-state index in [-0.39, 0.29) is 12.1 Å². The Balaban J connectivity index is 1.62. The average molecular weight is 314 g/mol. The number of benzene rings is 1. The Morgan fingerprint density at radius 3 is 3.00 bits per heavy atom. The summed E-state index contributed by atoms with van der Waals surface area (Å²) in [4.78, 5) is 12.2. The molecule has 2 atom stereocenters. The lowest BCUT2D eigenvalue weighted by Gasteiger charge is -2.18. The zero-order chi connectivity index (χ0) is 16.4. The van der Waals surface area contributed by atoms with Crippen molar-refractivity contribution in [1.29, 1.82) is 0 Å². The number of rotatable bonds is 4. The third kappa shape index (κ3) is 3.53. The molecule has 0 bridgehead atoms. The normalized spacial score (nSPS) is 19.7. The van der Waals surface area contributed by atoms with Gasteiger partial charge in [-0.2, -0.15) is 5.10 Å². The van der Waals surface area contributed by atoms with Gasteiger partial charge in [0.15, 0.2) is 0 Å². The van der Waals surface area contributed by atoms with Gasteiger partial charge in [-0.3, -0.25) is 4.68 Å². The number of nitrogens with zero attached hydrogens (tertiary/aromatic N) is 2. The number of aliphatic hydroxyl groups is 1. The first-order valence-electron chi connectivity index (χ1n) is 7.89. The highest BCUT2D eigenvalue weighted by Crippen LogP contribution is 2.31. The Morgan fingerprint density at radius 2 is 2.22 bits per heavy atom. The fourth-order valence-electron chi connectivity index (χ4n) is 2.96. The van der Waals surface area contributed by atoms with Crippen LogP contribution in [-0.2, 0) is 13.0 Å². The van der Waals surface area contributed by atoms with E-state index in [2.05, 4.69) is 29.6 Å². The molecule has 6 nitrogen and oxygen atoms in total. The van der Waals surface area contributed by atoms with Crippen molar-refractivity contribution >= 4 is 11.7 Å². The van der Waals surface area contributed by atoms with Crippen LogP contribution in [0.4, 0.5) is 10.5 Å². The molecule has 2 aromatic rings. The number of nitrogens with one attached hydrogen (secondary N) is 2. The lowest BCUT2D eigenvalue weighted by Crippen LogP contribution is -2.36. The van der Waals surface area contributed by atoms with Crippen LogP contribution in [0.25, 0.3) is 0 Å². The number of fused-ring (bicyclic) bond motifs is 1. The number of hydrogen-bond acceptors (Lipinski definition) is 3. The Hall–Kier alpha value is -2.34. The molecule has 1 heterocycles. The van der Waals surface area contributed by atoms with Gasteiger partial charge in [0.25, 0.3) is 0 Å². The molecule has 1 aromatic heterocycles. The van der Waals surface area contributed by atoms with E-state index in [1.807, 2.05) is 24.3 Å². The van der Waals surface area contributed by atoms with Crippen molar-refractivity contribution in [2.45, 2.75) is 39.0 Å². The summed E-state index contributed by atoms with van der Waals surface area (Å²) in [5.41, 5.74) is 2.70. The van der Waals surface area contributed by atoms with Gasteiger partial charge in [0.05, 0.1) is 24.0 Å². The van der Waals surface area contributed by atoms with E-state index < -0.39 is 6.10 Å². The van der Waals surface area contributed by atoms with Crippen LogP contribution in [-0.4, -0.2) is 27.0 Å². The first-order valence-corrected chi connectivity index (χ1v) is 7.89. The van der Waals surface area contributed by atoms with Crippen LogP contribution in [0, 0.1) is 5.92 Å². The molecule has 3 N–H and O–H groups in total. The molecule has 0 saturated heterocycles.